The molecule has 0 radical (unpaired) electrons. The first-order valence-electron chi connectivity index (χ1n) is 8.45. The SMILES string of the molecule is CC(C)C(NC(=O)CCCN(c1ccccc1)S(C)(=O)=O)C(C)C. The molecule has 0 aliphatic rings. The largest absolute Gasteiger partial charge is 0.353 e. The molecule has 1 N–H and O–H groups in total. The number of anilines is 1. The molecule has 1 aromatic rings. The van der Waals surface area contributed by atoms with Crippen LogP contribution in [-0.2, 0) is 14.8 Å². The van der Waals surface area contributed by atoms with Crippen LogP contribution in [0.3, 0.4) is 0 Å². The maximum absolute atomic E-state index is 12.2. The van der Waals surface area contributed by atoms with Gasteiger partial charge in [-0.15, -0.1) is 0 Å². The summed E-state index contributed by atoms with van der Waals surface area (Å²) >= 11 is 0. The molecule has 6 heteroatoms. The summed E-state index contributed by atoms with van der Waals surface area (Å²) < 4.78 is 25.3. The maximum Gasteiger partial charge on any atom is 0.232 e. The fourth-order valence-corrected chi connectivity index (χ4v) is 3.79. The molecular weight excluding hydrogens is 324 g/mol. The normalized spacial score (nSPS) is 12.0. The summed E-state index contributed by atoms with van der Waals surface area (Å²) in [6, 6.07) is 9.10. The third kappa shape index (κ3) is 6.51. The third-order valence-electron chi connectivity index (χ3n) is 3.97. The van der Waals surface area contributed by atoms with Gasteiger partial charge in [0.25, 0.3) is 0 Å². The van der Waals surface area contributed by atoms with Crippen molar-refractivity contribution in [3.63, 3.8) is 0 Å². The number of carbonyl (C=O) groups excluding carboxylic acids is 1. The van der Waals surface area contributed by atoms with Gasteiger partial charge >= 0.3 is 0 Å². The van der Waals surface area contributed by atoms with E-state index in [0.717, 1.165) is 0 Å². The first-order chi connectivity index (χ1) is 11.1. The molecule has 0 bridgehead atoms. The molecule has 0 aliphatic heterocycles. The summed E-state index contributed by atoms with van der Waals surface area (Å²) in [6.07, 6.45) is 1.99. The smallest absolute Gasteiger partial charge is 0.232 e. The van der Waals surface area contributed by atoms with Crippen LogP contribution in [0.4, 0.5) is 5.69 Å². The summed E-state index contributed by atoms with van der Waals surface area (Å²) in [5.74, 6) is 0.709. The topological polar surface area (TPSA) is 66.5 Å². The van der Waals surface area contributed by atoms with Crippen LogP contribution in [0.15, 0.2) is 30.3 Å². The lowest BCUT2D eigenvalue weighted by molar-refractivity contribution is -0.122. The monoisotopic (exact) mass is 354 g/mol. The number of nitrogens with zero attached hydrogens (tertiary/aromatic N) is 1. The van der Waals surface area contributed by atoms with E-state index in [1.807, 2.05) is 6.07 Å². The molecule has 1 aromatic carbocycles. The zero-order valence-electron chi connectivity index (χ0n) is 15.3. The van der Waals surface area contributed by atoms with E-state index < -0.39 is 10.0 Å². The second-order valence-corrected chi connectivity index (χ2v) is 8.76. The molecule has 0 aliphatic carbocycles. The van der Waals surface area contributed by atoms with Crippen molar-refractivity contribution in [1.82, 2.24) is 5.32 Å². The summed E-state index contributed by atoms with van der Waals surface area (Å²) in [5.41, 5.74) is 0.627. The van der Waals surface area contributed by atoms with E-state index in [1.165, 1.54) is 10.6 Å². The Balaban J connectivity index is 2.62. The van der Waals surface area contributed by atoms with Gasteiger partial charge in [0.2, 0.25) is 15.9 Å². The average Bonchev–Trinajstić information content (AvgIpc) is 2.48. The number of benzene rings is 1. The Morgan fingerprint density at radius 3 is 2.08 bits per heavy atom. The Bertz CT molecular complexity index is 604. The zero-order valence-corrected chi connectivity index (χ0v) is 16.1. The van der Waals surface area contributed by atoms with Crippen molar-refractivity contribution in [2.24, 2.45) is 11.8 Å². The molecule has 1 rings (SSSR count). The Labute approximate surface area is 146 Å². The molecular formula is C18H30N2O3S. The van der Waals surface area contributed by atoms with Crippen LogP contribution < -0.4 is 9.62 Å². The number of sulfonamides is 1. The van der Waals surface area contributed by atoms with E-state index in [1.54, 1.807) is 24.3 Å². The number of carbonyl (C=O) groups is 1. The highest BCUT2D eigenvalue weighted by Crippen LogP contribution is 2.17. The van der Waals surface area contributed by atoms with Crippen molar-refractivity contribution in [1.29, 1.82) is 0 Å². The van der Waals surface area contributed by atoms with E-state index in [9.17, 15) is 13.2 Å². The fraction of sp³-hybridized carbons (Fsp3) is 0.611. The molecule has 1 amide bonds. The van der Waals surface area contributed by atoms with E-state index >= 15 is 0 Å². The van der Waals surface area contributed by atoms with Crippen LogP contribution >= 0.6 is 0 Å². The van der Waals surface area contributed by atoms with Crippen molar-refractivity contribution < 1.29 is 13.2 Å². The molecule has 0 heterocycles. The van der Waals surface area contributed by atoms with Gasteiger partial charge in [0.15, 0.2) is 0 Å². The van der Waals surface area contributed by atoms with Crippen molar-refractivity contribution in [2.75, 3.05) is 17.1 Å². The van der Waals surface area contributed by atoms with Crippen LogP contribution in [0.1, 0.15) is 40.5 Å². The van der Waals surface area contributed by atoms with E-state index in [4.69, 9.17) is 0 Å². The first-order valence-corrected chi connectivity index (χ1v) is 10.3. The number of nitrogens with one attached hydrogen (secondary N) is 1. The molecule has 0 unspecified atom stereocenters. The van der Waals surface area contributed by atoms with Gasteiger partial charge in [-0.2, -0.15) is 0 Å². The minimum Gasteiger partial charge on any atom is -0.353 e. The highest BCUT2D eigenvalue weighted by molar-refractivity contribution is 7.92. The van der Waals surface area contributed by atoms with Crippen molar-refractivity contribution in [2.45, 2.75) is 46.6 Å². The number of hydrogen-bond acceptors (Lipinski definition) is 3. The van der Waals surface area contributed by atoms with Crippen LogP contribution in [0.25, 0.3) is 0 Å². The summed E-state index contributed by atoms with van der Waals surface area (Å²) in [4.78, 5) is 12.2. The Morgan fingerprint density at radius 2 is 1.62 bits per heavy atom. The number of hydrogen-bond donors (Lipinski definition) is 1. The minimum atomic E-state index is -3.36. The Hall–Kier alpha value is -1.56. The average molecular weight is 355 g/mol. The molecule has 0 saturated carbocycles. The predicted octanol–water partition coefficient (Wildman–Crippen LogP) is 3.03. The van der Waals surface area contributed by atoms with E-state index in [-0.39, 0.29) is 11.9 Å². The standard InChI is InChI=1S/C18H30N2O3S/c1-14(2)18(15(3)4)19-17(21)12-9-13-20(24(5,22)23)16-10-7-6-8-11-16/h6-8,10-11,14-15,18H,9,12-13H2,1-5H3,(H,19,21). The Morgan fingerprint density at radius 1 is 1.08 bits per heavy atom. The number of amides is 1. The van der Waals surface area contributed by atoms with Gasteiger partial charge in [-0.1, -0.05) is 45.9 Å². The van der Waals surface area contributed by atoms with Gasteiger partial charge in [-0.3, -0.25) is 9.10 Å². The number of para-hydroxylation sites is 1. The van der Waals surface area contributed by atoms with Gasteiger partial charge < -0.3 is 5.32 Å². The van der Waals surface area contributed by atoms with Crippen LogP contribution in [0.2, 0.25) is 0 Å². The lowest BCUT2D eigenvalue weighted by Gasteiger charge is -2.26. The fourth-order valence-electron chi connectivity index (χ4n) is 2.83. The van der Waals surface area contributed by atoms with Gasteiger partial charge in [0, 0.05) is 19.0 Å². The summed E-state index contributed by atoms with van der Waals surface area (Å²) in [7, 11) is -3.36. The minimum absolute atomic E-state index is 0.0242. The lowest BCUT2D eigenvalue weighted by atomic mass is 9.93. The van der Waals surface area contributed by atoms with Crippen molar-refractivity contribution >= 4 is 21.6 Å². The summed E-state index contributed by atoms with van der Waals surface area (Å²) in [6.45, 7) is 8.65. The van der Waals surface area contributed by atoms with Crippen LogP contribution in [0.5, 0.6) is 0 Å². The lowest BCUT2D eigenvalue weighted by Crippen LogP contribution is -2.42. The highest BCUT2D eigenvalue weighted by Gasteiger charge is 2.20. The Kier molecular flexibility index (Phi) is 7.73. The maximum atomic E-state index is 12.2. The van der Waals surface area contributed by atoms with Crippen molar-refractivity contribution in [3.8, 4) is 0 Å². The molecule has 0 fully saturated rings. The van der Waals surface area contributed by atoms with Gasteiger partial charge in [0.05, 0.1) is 11.9 Å². The third-order valence-corrected chi connectivity index (χ3v) is 5.17. The predicted molar refractivity (Wildman–Crippen MR) is 99.5 cm³/mol. The molecule has 5 nitrogen and oxygen atoms in total. The van der Waals surface area contributed by atoms with Crippen molar-refractivity contribution in [3.05, 3.63) is 30.3 Å². The highest BCUT2D eigenvalue weighted by atomic mass is 32.2. The molecule has 0 saturated heterocycles. The van der Waals surface area contributed by atoms with Crippen LogP contribution in [0, 0.1) is 11.8 Å². The molecule has 24 heavy (non-hydrogen) atoms. The summed E-state index contributed by atoms with van der Waals surface area (Å²) in [5, 5.41) is 3.06. The molecule has 0 aromatic heterocycles. The van der Waals surface area contributed by atoms with Gasteiger partial charge in [0.1, 0.15) is 0 Å². The second kappa shape index (κ2) is 9.06. The van der Waals surface area contributed by atoms with E-state index in [2.05, 4.69) is 33.0 Å². The second-order valence-electron chi connectivity index (χ2n) is 6.86. The van der Waals surface area contributed by atoms with E-state index in [0.29, 0.717) is 36.9 Å². The zero-order chi connectivity index (χ0) is 18.3. The first kappa shape index (κ1) is 20.5. The van der Waals surface area contributed by atoms with Crippen LogP contribution in [-0.4, -0.2) is 33.2 Å². The molecule has 0 spiro atoms. The molecule has 0 atom stereocenters. The number of rotatable bonds is 9. The van der Waals surface area contributed by atoms with Gasteiger partial charge in [-0.25, -0.2) is 8.42 Å². The quantitative estimate of drug-likeness (QED) is 0.741. The van der Waals surface area contributed by atoms with Gasteiger partial charge in [-0.05, 0) is 30.4 Å². The molecule has 136 valence electrons.